The van der Waals surface area contributed by atoms with E-state index in [2.05, 4.69) is 10.3 Å². The van der Waals surface area contributed by atoms with Gasteiger partial charge in [-0.1, -0.05) is 0 Å². The maximum absolute atomic E-state index is 11.9. The summed E-state index contributed by atoms with van der Waals surface area (Å²) in [6, 6.07) is 3.55. The normalized spacial score (nSPS) is 12.1. The van der Waals surface area contributed by atoms with E-state index >= 15 is 0 Å². The lowest BCUT2D eigenvalue weighted by atomic mass is 10.2. The molecule has 0 aliphatic rings. The molecule has 0 saturated heterocycles. The van der Waals surface area contributed by atoms with Crippen LogP contribution in [0, 0.1) is 6.92 Å². The molecule has 0 saturated carbocycles. The van der Waals surface area contributed by atoms with Crippen LogP contribution < -0.4 is 5.32 Å². The summed E-state index contributed by atoms with van der Waals surface area (Å²) in [6.45, 7) is 3.66. The largest absolute Gasteiger partial charge is 0.481 e. The van der Waals surface area contributed by atoms with Crippen LogP contribution in [0.3, 0.4) is 0 Å². The van der Waals surface area contributed by atoms with Crippen molar-refractivity contribution >= 4 is 23.2 Å². The molecule has 22 heavy (non-hydrogen) atoms. The van der Waals surface area contributed by atoms with E-state index in [1.807, 2.05) is 24.4 Å². The standard InChI is InChI=1S/C15H18N2O4S/c1-9(3-6-14(19)20)16-13(18)7-11-8-22-15(17-11)12-5-4-10(2)21-12/h4-5,8-9H,3,6-7H2,1-2H3,(H,16,18)(H,19,20). The van der Waals surface area contributed by atoms with Gasteiger partial charge in [0.25, 0.3) is 0 Å². The number of carbonyl (C=O) groups is 2. The van der Waals surface area contributed by atoms with Crippen LogP contribution in [0.1, 0.15) is 31.2 Å². The van der Waals surface area contributed by atoms with Crippen molar-refractivity contribution in [3.63, 3.8) is 0 Å². The zero-order chi connectivity index (χ0) is 16.1. The summed E-state index contributed by atoms with van der Waals surface area (Å²) in [5.41, 5.74) is 0.678. The van der Waals surface area contributed by atoms with Crippen molar-refractivity contribution in [2.24, 2.45) is 0 Å². The summed E-state index contributed by atoms with van der Waals surface area (Å²) in [5, 5.41) is 14.0. The van der Waals surface area contributed by atoms with Gasteiger partial charge in [-0.15, -0.1) is 11.3 Å². The van der Waals surface area contributed by atoms with Crippen molar-refractivity contribution in [2.45, 2.75) is 39.2 Å². The molecular formula is C15H18N2O4S. The van der Waals surface area contributed by atoms with Gasteiger partial charge in [-0.3, -0.25) is 9.59 Å². The number of aryl methyl sites for hydroxylation is 1. The number of amides is 1. The predicted octanol–water partition coefficient (Wildman–Crippen LogP) is 2.62. The first-order valence-electron chi connectivity index (χ1n) is 6.96. The van der Waals surface area contributed by atoms with Gasteiger partial charge < -0.3 is 14.8 Å². The molecule has 0 aliphatic carbocycles. The minimum Gasteiger partial charge on any atom is -0.481 e. The molecule has 6 nitrogen and oxygen atoms in total. The molecule has 2 N–H and O–H groups in total. The minimum absolute atomic E-state index is 0.0418. The third kappa shape index (κ3) is 4.70. The van der Waals surface area contributed by atoms with Gasteiger partial charge in [0, 0.05) is 17.8 Å². The average molecular weight is 322 g/mol. The number of aliphatic carboxylic acids is 1. The highest BCUT2D eigenvalue weighted by Gasteiger charge is 2.13. The van der Waals surface area contributed by atoms with E-state index < -0.39 is 5.97 Å². The molecule has 2 rings (SSSR count). The van der Waals surface area contributed by atoms with Crippen molar-refractivity contribution in [2.75, 3.05) is 0 Å². The number of nitrogens with zero attached hydrogens (tertiary/aromatic N) is 1. The van der Waals surface area contributed by atoms with Crippen LogP contribution in [-0.2, 0) is 16.0 Å². The summed E-state index contributed by atoms with van der Waals surface area (Å²) in [6.07, 6.45) is 0.628. The molecule has 0 fully saturated rings. The van der Waals surface area contributed by atoms with E-state index in [1.54, 1.807) is 6.92 Å². The Labute approximate surface area is 132 Å². The molecule has 2 heterocycles. The number of carboxylic acid groups (broad SMARTS) is 1. The zero-order valence-electron chi connectivity index (χ0n) is 12.5. The summed E-state index contributed by atoms with van der Waals surface area (Å²) in [4.78, 5) is 26.8. The first-order valence-corrected chi connectivity index (χ1v) is 7.84. The van der Waals surface area contributed by atoms with Gasteiger partial charge >= 0.3 is 5.97 Å². The van der Waals surface area contributed by atoms with Crippen LogP contribution in [0.5, 0.6) is 0 Å². The van der Waals surface area contributed by atoms with Crippen LogP contribution in [0.15, 0.2) is 21.9 Å². The summed E-state index contributed by atoms with van der Waals surface area (Å²) in [5.74, 6) is 0.491. The van der Waals surface area contributed by atoms with Gasteiger partial charge in [-0.05, 0) is 32.4 Å². The predicted molar refractivity (Wildman–Crippen MR) is 82.7 cm³/mol. The van der Waals surface area contributed by atoms with E-state index in [9.17, 15) is 9.59 Å². The summed E-state index contributed by atoms with van der Waals surface area (Å²) < 4.78 is 5.50. The SMILES string of the molecule is Cc1ccc(-c2nc(CC(=O)NC(C)CCC(=O)O)cs2)o1. The van der Waals surface area contributed by atoms with Gasteiger partial charge in [0.05, 0.1) is 12.1 Å². The van der Waals surface area contributed by atoms with Gasteiger partial charge in [0.2, 0.25) is 5.91 Å². The third-order valence-electron chi connectivity index (χ3n) is 3.04. The quantitative estimate of drug-likeness (QED) is 0.817. The van der Waals surface area contributed by atoms with Crippen LogP contribution in [-0.4, -0.2) is 28.0 Å². The maximum atomic E-state index is 11.9. The second-order valence-corrected chi connectivity index (χ2v) is 5.99. The van der Waals surface area contributed by atoms with Crippen LogP contribution in [0.25, 0.3) is 10.8 Å². The maximum Gasteiger partial charge on any atom is 0.303 e. The van der Waals surface area contributed by atoms with Crippen molar-refractivity contribution < 1.29 is 19.1 Å². The monoisotopic (exact) mass is 322 g/mol. The molecule has 2 aromatic rings. The molecule has 0 aromatic carbocycles. The highest BCUT2D eigenvalue weighted by molar-refractivity contribution is 7.13. The number of rotatable bonds is 7. The number of aromatic nitrogens is 1. The van der Waals surface area contributed by atoms with E-state index in [4.69, 9.17) is 9.52 Å². The van der Waals surface area contributed by atoms with E-state index in [0.717, 1.165) is 10.8 Å². The highest BCUT2D eigenvalue weighted by Crippen LogP contribution is 2.25. The Balaban J connectivity index is 1.87. The lowest BCUT2D eigenvalue weighted by Gasteiger charge is -2.11. The molecule has 0 bridgehead atoms. The first kappa shape index (κ1) is 16.2. The fourth-order valence-corrected chi connectivity index (χ4v) is 2.73. The van der Waals surface area contributed by atoms with E-state index in [-0.39, 0.29) is 24.8 Å². The number of carboxylic acids is 1. The zero-order valence-corrected chi connectivity index (χ0v) is 13.3. The smallest absolute Gasteiger partial charge is 0.303 e. The minimum atomic E-state index is -0.862. The molecule has 0 spiro atoms. The fraction of sp³-hybridized carbons (Fsp3) is 0.400. The molecule has 118 valence electrons. The Morgan fingerprint density at radius 3 is 2.86 bits per heavy atom. The van der Waals surface area contributed by atoms with Crippen LogP contribution in [0.4, 0.5) is 0 Å². The van der Waals surface area contributed by atoms with Gasteiger partial charge in [0.1, 0.15) is 5.76 Å². The number of thiazole rings is 1. The Bertz CT molecular complexity index is 662. The fourth-order valence-electron chi connectivity index (χ4n) is 1.95. The van der Waals surface area contributed by atoms with Crippen molar-refractivity contribution in [1.29, 1.82) is 0 Å². The molecule has 0 aliphatic heterocycles. The molecule has 1 amide bonds. The van der Waals surface area contributed by atoms with Crippen molar-refractivity contribution in [3.05, 3.63) is 29.0 Å². The van der Waals surface area contributed by atoms with E-state index in [0.29, 0.717) is 17.9 Å². The number of nitrogens with one attached hydrogen (secondary N) is 1. The second kappa shape index (κ2) is 7.22. The Kier molecular flexibility index (Phi) is 5.32. The number of carbonyl (C=O) groups excluding carboxylic acids is 1. The van der Waals surface area contributed by atoms with Crippen molar-refractivity contribution in [1.82, 2.24) is 10.3 Å². The lowest BCUT2D eigenvalue weighted by Crippen LogP contribution is -2.34. The van der Waals surface area contributed by atoms with Crippen LogP contribution >= 0.6 is 11.3 Å². The topological polar surface area (TPSA) is 92.4 Å². The number of hydrogen-bond acceptors (Lipinski definition) is 5. The Hall–Kier alpha value is -2.15. The van der Waals surface area contributed by atoms with Crippen molar-refractivity contribution in [3.8, 4) is 10.8 Å². The van der Waals surface area contributed by atoms with Gasteiger partial charge in [-0.25, -0.2) is 4.98 Å². The summed E-state index contributed by atoms with van der Waals surface area (Å²) in [7, 11) is 0. The van der Waals surface area contributed by atoms with E-state index in [1.165, 1.54) is 11.3 Å². The van der Waals surface area contributed by atoms with Crippen LogP contribution in [0.2, 0.25) is 0 Å². The molecule has 0 radical (unpaired) electrons. The number of furan rings is 1. The molecular weight excluding hydrogens is 304 g/mol. The third-order valence-corrected chi connectivity index (χ3v) is 3.95. The lowest BCUT2D eigenvalue weighted by molar-refractivity contribution is -0.137. The van der Waals surface area contributed by atoms with Gasteiger partial charge in [0.15, 0.2) is 10.8 Å². The van der Waals surface area contributed by atoms with Gasteiger partial charge in [-0.2, -0.15) is 0 Å². The molecule has 1 unspecified atom stereocenters. The Morgan fingerprint density at radius 2 is 2.23 bits per heavy atom. The Morgan fingerprint density at radius 1 is 1.45 bits per heavy atom. The molecule has 7 heteroatoms. The highest BCUT2D eigenvalue weighted by atomic mass is 32.1. The molecule has 1 atom stereocenters. The summed E-state index contributed by atoms with van der Waals surface area (Å²) >= 11 is 1.43. The average Bonchev–Trinajstić information content (AvgIpc) is 3.05. The second-order valence-electron chi connectivity index (χ2n) is 5.13. The first-order chi connectivity index (χ1) is 10.4. The number of hydrogen-bond donors (Lipinski definition) is 2. The molecule has 2 aromatic heterocycles.